The second kappa shape index (κ2) is 12.1. The molecule has 0 unspecified atom stereocenters. The molecule has 3 atom stereocenters. The summed E-state index contributed by atoms with van der Waals surface area (Å²) in [6, 6.07) is 4.86. The number of rotatable bonds is 10. The maximum absolute atomic E-state index is 14.9. The van der Waals surface area contributed by atoms with Gasteiger partial charge in [0.15, 0.2) is 17.5 Å². The fraction of sp³-hybridized carbons (Fsp3) is 0.414. The van der Waals surface area contributed by atoms with Gasteiger partial charge in [-0.15, -0.1) is 0 Å². The third-order valence-corrected chi connectivity index (χ3v) is 7.70. The third-order valence-electron chi connectivity index (χ3n) is 7.70. The number of ether oxygens (including phenoxy) is 3. The number of benzene rings is 1. The molecular weight excluding hydrogens is 569 g/mol. The van der Waals surface area contributed by atoms with Crippen LogP contribution in [0.25, 0.3) is 11.0 Å². The lowest BCUT2D eigenvalue weighted by molar-refractivity contribution is -0.0593. The number of nitrogens with zero attached hydrogens (tertiary/aromatic N) is 6. The van der Waals surface area contributed by atoms with E-state index in [-0.39, 0.29) is 47.6 Å². The molecule has 5 heterocycles. The number of aromatic carboxylic acids is 1. The normalized spacial score (nSPS) is 20.6. The van der Waals surface area contributed by atoms with Crippen LogP contribution in [0, 0.1) is 17.5 Å². The monoisotopic (exact) mass is 598 g/mol. The molecular formula is C29H29F3N6O5. The number of carboxylic acids is 1. The van der Waals surface area contributed by atoms with Gasteiger partial charge in [0.25, 0.3) is 5.88 Å². The number of aromatic nitrogens is 5. The maximum atomic E-state index is 14.9. The van der Waals surface area contributed by atoms with Crippen LogP contribution in [0.3, 0.4) is 0 Å². The summed E-state index contributed by atoms with van der Waals surface area (Å²) >= 11 is 0. The van der Waals surface area contributed by atoms with Gasteiger partial charge >= 0.3 is 5.97 Å². The Morgan fingerprint density at radius 1 is 1.14 bits per heavy atom. The highest BCUT2D eigenvalue weighted by molar-refractivity contribution is 5.92. The zero-order valence-electron chi connectivity index (χ0n) is 23.3. The molecule has 4 aromatic rings. The second-order valence-corrected chi connectivity index (χ2v) is 10.7. The van der Waals surface area contributed by atoms with Crippen LogP contribution in [0.4, 0.5) is 13.2 Å². The van der Waals surface area contributed by atoms with Crippen LogP contribution in [-0.4, -0.2) is 71.9 Å². The van der Waals surface area contributed by atoms with E-state index in [4.69, 9.17) is 14.2 Å². The second-order valence-electron chi connectivity index (χ2n) is 10.7. The van der Waals surface area contributed by atoms with Crippen LogP contribution in [0.15, 0.2) is 36.7 Å². The van der Waals surface area contributed by atoms with Crippen LogP contribution in [-0.2, 0) is 24.4 Å². The van der Waals surface area contributed by atoms with E-state index in [0.717, 1.165) is 18.7 Å². The van der Waals surface area contributed by atoms with Crippen molar-refractivity contribution in [2.45, 2.75) is 64.1 Å². The van der Waals surface area contributed by atoms with Gasteiger partial charge < -0.3 is 23.9 Å². The van der Waals surface area contributed by atoms with Gasteiger partial charge in [0.2, 0.25) is 5.88 Å². The fourth-order valence-electron chi connectivity index (χ4n) is 5.34. The van der Waals surface area contributed by atoms with Gasteiger partial charge in [-0.1, -0.05) is 0 Å². The topological polar surface area (TPSA) is 125 Å². The van der Waals surface area contributed by atoms with Gasteiger partial charge in [-0.05, 0) is 38.3 Å². The first-order valence-corrected chi connectivity index (χ1v) is 13.9. The zero-order chi connectivity index (χ0) is 30.1. The third kappa shape index (κ3) is 6.39. The summed E-state index contributed by atoms with van der Waals surface area (Å²) in [4.78, 5) is 30.5. The Morgan fingerprint density at radius 3 is 2.70 bits per heavy atom. The number of likely N-dealkylation sites (tertiary alicyclic amines) is 1. The summed E-state index contributed by atoms with van der Waals surface area (Å²) < 4.78 is 60.7. The number of fused-ring (bicyclic) bond motifs is 1. The molecule has 0 aliphatic carbocycles. The van der Waals surface area contributed by atoms with E-state index in [2.05, 4.69) is 31.8 Å². The quantitative estimate of drug-likeness (QED) is 0.285. The number of carbonyl (C=O) groups is 1. The van der Waals surface area contributed by atoms with Crippen LogP contribution in [0.5, 0.6) is 11.8 Å². The largest absolute Gasteiger partial charge is 0.478 e. The van der Waals surface area contributed by atoms with Crippen molar-refractivity contribution in [1.82, 2.24) is 29.4 Å². The lowest BCUT2D eigenvalue weighted by Crippen LogP contribution is -2.44. The Hall–Kier alpha value is -4.30. The van der Waals surface area contributed by atoms with Crippen LogP contribution < -0.4 is 9.47 Å². The minimum atomic E-state index is -1.20. The standard InChI is InChI=1S/C29H29F3N6O5/c1-16-8-19(43-26-2-5-33-24(35-26)15-42-28-22(32)11-18(30)12-34-28)3-6-37(16)14-25-36-27-21(31)9-17(29(39)40)10-23(27)38(25)13-20-4-7-41-20/h2,5,9-12,16,19-20H,3-4,6-8,13-15H2,1H3,(H,39,40)/t16-,19-,20-/m0/s1. The molecule has 1 aromatic carbocycles. The Bertz CT molecular complexity index is 1650. The van der Waals surface area contributed by atoms with Crippen molar-refractivity contribution < 1.29 is 37.3 Å². The summed E-state index contributed by atoms with van der Waals surface area (Å²) in [7, 11) is 0. The van der Waals surface area contributed by atoms with Gasteiger partial charge in [-0.25, -0.2) is 32.9 Å². The first-order chi connectivity index (χ1) is 20.7. The molecule has 2 aliphatic heterocycles. The maximum Gasteiger partial charge on any atom is 0.335 e. The number of hydrogen-bond acceptors (Lipinski definition) is 9. The molecule has 43 heavy (non-hydrogen) atoms. The van der Waals surface area contributed by atoms with E-state index in [1.54, 1.807) is 6.07 Å². The fourth-order valence-corrected chi connectivity index (χ4v) is 5.34. The van der Waals surface area contributed by atoms with Crippen molar-refractivity contribution in [2.24, 2.45) is 0 Å². The average molecular weight is 599 g/mol. The number of halogens is 3. The predicted octanol–water partition coefficient (Wildman–Crippen LogP) is 4.14. The molecule has 0 radical (unpaired) electrons. The van der Waals surface area contributed by atoms with E-state index in [0.29, 0.717) is 62.4 Å². The first-order valence-electron chi connectivity index (χ1n) is 13.9. The van der Waals surface area contributed by atoms with Crippen LogP contribution in [0.2, 0.25) is 0 Å². The van der Waals surface area contributed by atoms with Gasteiger partial charge in [0.1, 0.15) is 29.9 Å². The summed E-state index contributed by atoms with van der Waals surface area (Å²) in [5.74, 6) is -2.70. The number of carboxylic acid groups (broad SMARTS) is 1. The summed E-state index contributed by atoms with van der Waals surface area (Å²) in [5, 5.41) is 9.46. The van der Waals surface area contributed by atoms with Crippen molar-refractivity contribution in [1.29, 1.82) is 0 Å². The van der Waals surface area contributed by atoms with E-state index < -0.39 is 23.4 Å². The number of pyridine rings is 1. The zero-order valence-corrected chi connectivity index (χ0v) is 23.3. The average Bonchev–Trinajstić information content (AvgIpc) is 3.29. The van der Waals surface area contributed by atoms with E-state index >= 15 is 0 Å². The van der Waals surface area contributed by atoms with Crippen molar-refractivity contribution in [3.05, 3.63) is 71.3 Å². The molecule has 11 nitrogen and oxygen atoms in total. The molecule has 0 bridgehead atoms. The number of piperidine rings is 1. The van der Waals surface area contributed by atoms with Crippen LogP contribution >= 0.6 is 0 Å². The van der Waals surface area contributed by atoms with Crippen molar-refractivity contribution in [2.75, 3.05) is 13.2 Å². The lowest BCUT2D eigenvalue weighted by atomic mass is 10.0. The molecule has 2 saturated heterocycles. The summed E-state index contributed by atoms with van der Waals surface area (Å²) in [5.41, 5.74) is 0.458. The molecule has 2 aliphatic rings. The highest BCUT2D eigenvalue weighted by atomic mass is 19.1. The van der Waals surface area contributed by atoms with Crippen molar-refractivity contribution in [3.8, 4) is 11.8 Å². The molecule has 14 heteroatoms. The highest BCUT2D eigenvalue weighted by Crippen LogP contribution is 2.28. The molecule has 226 valence electrons. The van der Waals surface area contributed by atoms with Crippen molar-refractivity contribution >= 4 is 17.0 Å². The number of imidazole rings is 1. The van der Waals surface area contributed by atoms with Gasteiger partial charge in [-0.2, -0.15) is 4.98 Å². The molecule has 0 saturated carbocycles. The summed E-state index contributed by atoms with van der Waals surface area (Å²) in [6.07, 6.45) is 4.45. The van der Waals surface area contributed by atoms with Crippen molar-refractivity contribution in [3.63, 3.8) is 0 Å². The predicted molar refractivity (Wildman–Crippen MR) is 145 cm³/mol. The van der Waals surface area contributed by atoms with Gasteiger partial charge in [0.05, 0.1) is 36.5 Å². The Balaban J connectivity index is 1.11. The lowest BCUT2D eigenvalue weighted by Gasteiger charge is -2.37. The SMILES string of the molecule is C[C@H]1C[C@@H](Oc2ccnc(COc3ncc(F)cc3F)n2)CCN1Cc1nc2c(F)cc(C(=O)O)cc2n1C[C@@H]1CCO1. The summed E-state index contributed by atoms with van der Waals surface area (Å²) in [6.45, 7) is 4.14. The highest BCUT2D eigenvalue weighted by Gasteiger charge is 2.30. The minimum Gasteiger partial charge on any atom is -0.478 e. The van der Waals surface area contributed by atoms with Crippen LogP contribution in [0.1, 0.15) is 48.2 Å². The molecule has 0 spiro atoms. The first kappa shape index (κ1) is 28.8. The van der Waals surface area contributed by atoms with E-state index in [9.17, 15) is 23.1 Å². The molecule has 3 aromatic heterocycles. The van der Waals surface area contributed by atoms with Gasteiger partial charge in [-0.3, -0.25) is 4.90 Å². The molecule has 2 fully saturated rings. The van der Waals surface area contributed by atoms with E-state index in [1.807, 2.05) is 4.57 Å². The number of hydrogen-bond donors (Lipinski definition) is 1. The Kier molecular flexibility index (Phi) is 8.13. The van der Waals surface area contributed by atoms with E-state index in [1.165, 1.54) is 12.3 Å². The minimum absolute atomic E-state index is 0.0293. The molecule has 1 N–H and O–H groups in total. The Labute approximate surface area is 244 Å². The molecule has 6 rings (SSSR count). The Morgan fingerprint density at radius 2 is 1.98 bits per heavy atom. The smallest absolute Gasteiger partial charge is 0.335 e. The molecule has 0 amide bonds. The van der Waals surface area contributed by atoms with Gasteiger partial charge in [0, 0.05) is 37.5 Å².